The van der Waals surface area contributed by atoms with Crippen molar-refractivity contribution >= 4 is 92.8 Å². The first-order valence-electron chi connectivity index (χ1n) is 11.5. The van der Waals surface area contributed by atoms with E-state index in [1.807, 2.05) is 0 Å². The van der Waals surface area contributed by atoms with Crippen molar-refractivity contribution in [2.45, 2.75) is 23.4 Å². The predicted octanol–water partition coefficient (Wildman–Crippen LogP) is 8.51. The van der Waals surface area contributed by atoms with Gasteiger partial charge in [-0.2, -0.15) is 13.2 Å². The fraction of sp³-hybridized carbons (Fsp3) is 0.192. The van der Waals surface area contributed by atoms with E-state index in [1.165, 1.54) is 30.4 Å². The number of nitrogens with one attached hydrogen (secondary N) is 3. The quantitative estimate of drug-likeness (QED) is 0.179. The van der Waals surface area contributed by atoms with Gasteiger partial charge in [0.25, 0.3) is 5.91 Å². The van der Waals surface area contributed by atoms with Gasteiger partial charge in [0.15, 0.2) is 0 Å². The molecule has 4 rings (SSSR count). The van der Waals surface area contributed by atoms with Crippen molar-refractivity contribution in [1.82, 2.24) is 0 Å². The Morgan fingerprint density at radius 3 is 2.05 bits per heavy atom. The van der Waals surface area contributed by atoms with Gasteiger partial charge in [-0.15, -0.1) is 23.2 Å². The normalized spacial score (nSPS) is 17.4. The Kier molecular flexibility index (Phi) is 8.93. The van der Waals surface area contributed by atoms with Crippen LogP contribution in [0.5, 0.6) is 0 Å². The summed E-state index contributed by atoms with van der Waals surface area (Å²) >= 11 is 31.0. The summed E-state index contributed by atoms with van der Waals surface area (Å²) in [6.45, 7) is 1.50. The van der Waals surface area contributed by atoms with Crippen molar-refractivity contribution in [3.8, 4) is 0 Å². The van der Waals surface area contributed by atoms with Gasteiger partial charge in [-0.25, -0.2) is 8.78 Å². The summed E-state index contributed by atoms with van der Waals surface area (Å²) < 4.78 is 64.6. The number of carbonyl (C=O) groups is 3. The van der Waals surface area contributed by atoms with Gasteiger partial charge in [0.05, 0.1) is 37.9 Å². The third-order valence-corrected chi connectivity index (χ3v) is 8.40. The molecule has 3 aromatic carbocycles. The molecule has 0 heterocycles. The third kappa shape index (κ3) is 6.55. The first-order chi connectivity index (χ1) is 19.4. The molecule has 0 bridgehead atoms. The molecule has 1 aliphatic carbocycles. The van der Waals surface area contributed by atoms with E-state index in [1.54, 1.807) is 6.07 Å². The van der Waals surface area contributed by atoms with Crippen molar-refractivity contribution in [3.05, 3.63) is 85.9 Å². The number of rotatable bonds is 6. The number of aryl methyl sites for hydroxylation is 1. The van der Waals surface area contributed by atoms with Crippen molar-refractivity contribution in [3.63, 3.8) is 0 Å². The van der Waals surface area contributed by atoms with Crippen LogP contribution < -0.4 is 16.0 Å². The van der Waals surface area contributed by atoms with E-state index < -0.39 is 63.1 Å². The van der Waals surface area contributed by atoms with E-state index in [2.05, 4.69) is 10.6 Å². The van der Waals surface area contributed by atoms with Crippen LogP contribution in [-0.4, -0.2) is 28.2 Å². The van der Waals surface area contributed by atoms with Crippen LogP contribution in [0.25, 0.3) is 0 Å². The molecule has 42 heavy (non-hydrogen) atoms. The van der Waals surface area contributed by atoms with Crippen LogP contribution in [0.1, 0.15) is 27.4 Å². The van der Waals surface area contributed by atoms with E-state index in [0.29, 0.717) is 22.2 Å². The van der Waals surface area contributed by atoms with Gasteiger partial charge in [0, 0.05) is 17.7 Å². The Balaban J connectivity index is 1.55. The van der Waals surface area contributed by atoms with Gasteiger partial charge in [0.2, 0.25) is 5.91 Å². The molecule has 3 N–H and O–H groups in total. The summed E-state index contributed by atoms with van der Waals surface area (Å²) in [4.78, 5) is 37.3. The minimum Gasteiger partial charge on any atom is -0.326 e. The van der Waals surface area contributed by atoms with Gasteiger partial charge in [-0.3, -0.25) is 14.4 Å². The number of alkyl halides is 5. The fourth-order valence-corrected chi connectivity index (χ4v) is 5.45. The third-order valence-electron chi connectivity index (χ3n) is 6.22. The molecule has 0 radical (unpaired) electrons. The Hall–Kier alpha value is -2.83. The maximum Gasteiger partial charge on any atom is 0.471 e. The molecule has 1 aliphatic rings. The van der Waals surface area contributed by atoms with Gasteiger partial charge in [-0.05, 0) is 48.4 Å². The molecule has 222 valence electrons. The van der Waals surface area contributed by atoms with E-state index in [9.17, 15) is 36.3 Å². The zero-order valence-corrected chi connectivity index (χ0v) is 24.5. The Bertz CT molecular complexity index is 1630. The molecule has 1 fully saturated rings. The predicted molar refractivity (Wildman–Crippen MR) is 151 cm³/mol. The van der Waals surface area contributed by atoms with E-state index >= 15 is 0 Å². The molecule has 0 aliphatic heterocycles. The zero-order valence-electron chi connectivity index (χ0n) is 20.7. The summed E-state index contributed by atoms with van der Waals surface area (Å²) in [5, 5.41) is 6.34. The number of hydrogen-bond acceptors (Lipinski definition) is 3. The SMILES string of the molecule is Cc1cc(NC(=O)C2[C@H](c3ccc(Cl)c(Cl)c3)C2(Cl)Cl)cc(C(=O)Nc2cc(NC(=O)C(F)(F)F)c(F)cc2F)c1Cl. The highest BCUT2D eigenvalue weighted by Gasteiger charge is 2.67. The Morgan fingerprint density at radius 2 is 1.45 bits per heavy atom. The van der Waals surface area contributed by atoms with Gasteiger partial charge in [-0.1, -0.05) is 40.9 Å². The van der Waals surface area contributed by atoms with E-state index in [0.717, 1.165) is 6.07 Å². The second kappa shape index (κ2) is 11.7. The van der Waals surface area contributed by atoms with Gasteiger partial charge in [0.1, 0.15) is 16.0 Å². The number of benzene rings is 3. The molecule has 6 nitrogen and oxygen atoms in total. The van der Waals surface area contributed by atoms with Crippen LogP contribution in [0.4, 0.5) is 39.0 Å². The lowest BCUT2D eigenvalue weighted by atomic mass is 10.1. The molecule has 3 amide bonds. The molecule has 1 unspecified atom stereocenters. The second-order valence-electron chi connectivity index (χ2n) is 9.17. The smallest absolute Gasteiger partial charge is 0.326 e. The Morgan fingerprint density at radius 1 is 0.833 bits per heavy atom. The number of halogens is 10. The van der Waals surface area contributed by atoms with Crippen LogP contribution in [0, 0.1) is 24.5 Å². The number of carbonyl (C=O) groups excluding carboxylic acids is 3. The van der Waals surface area contributed by atoms with Crippen LogP contribution in [-0.2, 0) is 9.59 Å². The molecule has 16 heteroatoms. The van der Waals surface area contributed by atoms with Crippen LogP contribution in [0.2, 0.25) is 15.1 Å². The first kappa shape index (κ1) is 32.1. The lowest BCUT2D eigenvalue weighted by Crippen LogP contribution is -2.30. The molecule has 3 aromatic rings. The number of anilines is 3. The zero-order chi connectivity index (χ0) is 31.3. The average molecular weight is 690 g/mol. The van der Waals surface area contributed by atoms with Gasteiger partial charge >= 0.3 is 12.1 Å². The fourth-order valence-electron chi connectivity index (χ4n) is 4.12. The van der Waals surface area contributed by atoms with Crippen molar-refractivity contribution in [1.29, 1.82) is 0 Å². The largest absolute Gasteiger partial charge is 0.471 e. The topological polar surface area (TPSA) is 87.3 Å². The molecule has 1 saturated carbocycles. The summed E-state index contributed by atoms with van der Waals surface area (Å²) in [7, 11) is 0. The van der Waals surface area contributed by atoms with Crippen molar-refractivity contribution in [2.24, 2.45) is 5.92 Å². The van der Waals surface area contributed by atoms with Crippen LogP contribution >= 0.6 is 58.0 Å². The molecule has 0 saturated heterocycles. The highest BCUT2D eigenvalue weighted by molar-refractivity contribution is 6.53. The molecule has 0 spiro atoms. The van der Waals surface area contributed by atoms with Crippen molar-refractivity contribution in [2.75, 3.05) is 16.0 Å². The Labute approximate surface area is 259 Å². The average Bonchev–Trinajstić information content (AvgIpc) is 3.46. The summed E-state index contributed by atoms with van der Waals surface area (Å²) in [6, 6.07) is 7.91. The second-order valence-corrected chi connectivity index (χ2v) is 11.8. The summed E-state index contributed by atoms with van der Waals surface area (Å²) in [6.07, 6.45) is -5.35. The number of amides is 3. The number of hydrogen-bond donors (Lipinski definition) is 3. The highest BCUT2D eigenvalue weighted by Crippen LogP contribution is 2.65. The molecular weight excluding hydrogens is 675 g/mol. The molecular formula is C26H15Cl5F5N3O3. The highest BCUT2D eigenvalue weighted by atomic mass is 35.5. The summed E-state index contributed by atoms with van der Waals surface area (Å²) in [5.74, 6) is -8.63. The van der Waals surface area contributed by atoms with Crippen LogP contribution in [0.3, 0.4) is 0 Å². The van der Waals surface area contributed by atoms with E-state index in [4.69, 9.17) is 58.0 Å². The maximum atomic E-state index is 14.4. The van der Waals surface area contributed by atoms with Crippen LogP contribution in [0.15, 0.2) is 42.5 Å². The monoisotopic (exact) mass is 687 g/mol. The lowest BCUT2D eigenvalue weighted by Gasteiger charge is -2.14. The molecule has 0 aromatic heterocycles. The standard InChI is InChI=1S/C26H15Cl5F5N3O3/c1-9-4-11(37-23(41)20-19(25(20,30)31)10-2-3-13(27)14(28)5-10)6-12(21(9)29)22(40)38-17-8-18(16(33)7-15(17)32)39-24(42)26(34,35)36/h2-8,19-20H,1H3,(H,37,41)(H,38,40)(H,39,42)/t19-,20?/m0/s1. The summed E-state index contributed by atoms with van der Waals surface area (Å²) in [5.41, 5.74) is -1.14. The van der Waals surface area contributed by atoms with E-state index in [-0.39, 0.29) is 27.4 Å². The van der Waals surface area contributed by atoms with Crippen molar-refractivity contribution < 1.29 is 36.3 Å². The minimum atomic E-state index is -5.35. The van der Waals surface area contributed by atoms with Gasteiger partial charge < -0.3 is 16.0 Å². The maximum absolute atomic E-state index is 14.4. The molecule has 2 atom stereocenters. The first-order valence-corrected chi connectivity index (χ1v) is 13.4. The minimum absolute atomic E-state index is 0.0775. The lowest BCUT2D eigenvalue weighted by molar-refractivity contribution is -0.167.